The number of aromatic nitrogens is 2. The van der Waals surface area contributed by atoms with Gasteiger partial charge in [0.05, 0.1) is 21.3 Å². The minimum Gasteiger partial charge on any atom is -0.481 e. The minimum absolute atomic E-state index is 0.507. The Morgan fingerprint density at radius 3 is 2.29 bits per heavy atom. The van der Waals surface area contributed by atoms with Crippen LogP contribution in [-0.2, 0) is 18.3 Å². The molecule has 0 fully saturated rings. The first-order valence-corrected chi connectivity index (χ1v) is 6.58. The topological polar surface area (TPSA) is 55.1 Å². The van der Waals surface area contributed by atoms with E-state index < -0.39 is 11.4 Å². The Morgan fingerprint density at radius 2 is 2.00 bits per heavy atom. The second-order valence-electron chi connectivity index (χ2n) is 4.44. The molecule has 0 aromatic carbocycles. The van der Waals surface area contributed by atoms with Gasteiger partial charge in [-0.15, -0.1) is 0 Å². The van der Waals surface area contributed by atoms with Gasteiger partial charge in [-0.1, -0.05) is 13.8 Å². The number of carbonyl (C=O) groups is 1. The second-order valence-corrected chi connectivity index (χ2v) is 5.23. The predicted molar refractivity (Wildman–Crippen MR) is 70.0 cm³/mol. The SMILES string of the molecule is CCC(CC)(Cc1c(Br)c(C)nn1C)C(=O)O. The van der Waals surface area contributed by atoms with E-state index in [2.05, 4.69) is 21.0 Å². The van der Waals surface area contributed by atoms with Crippen LogP contribution >= 0.6 is 15.9 Å². The lowest BCUT2D eigenvalue weighted by Gasteiger charge is -2.26. The van der Waals surface area contributed by atoms with Crippen LogP contribution in [0.15, 0.2) is 4.47 Å². The summed E-state index contributed by atoms with van der Waals surface area (Å²) in [6, 6.07) is 0. The quantitative estimate of drug-likeness (QED) is 0.910. The average molecular weight is 303 g/mol. The Kier molecular flexibility index (Phi) is 4.36. The van der Waals surface area contributed by atoms with Crippen molar-refractivity contribution in [3.8, 4) is 0 Å². The van der Waals surface area contributed by atoms with Gasteiger partial charge in [0.15, 0.2) is 0 Å². The van der Waals surface area contributed by atoms with E-state index >= 15 is 0 Å². The molecule has 0 amide bonds. The molecule has 96 valence electrons. The van der Waals surface area contributed by atoms with E-state index in [1.165, 1.54) is 0 Å². The monoisotopic (exact) mass is 302 g/mol. The summed E-state index contributed by atoms with van der Waals surface area (Å²) < 4.78 is 2.69. The maximum atomic E-state index is 11.5. The maximum Gasteiger partial charge on any atom is 0.310 e. The lowest BCUT2D eigenvalue weighted by molar-refractivity contribution is -0.149. The molecule has 0 radical (unpaired) electrons. The van der Waals surface area contributed by atoms with Gasteiger partial charge >= 0.3 is 5.97 Å². The number of carboxylic acids is 1. The first kappa shape index (κ1) is 14.2. The van der Waals surface area contributed by atoms with Crippen molar-refractivity contribution in [2.45, 2.75) is 40.0 Å². The fraction of sp³-hybridized carbons (Fsp3) is 0.667. The number of carboxylic acid groups (broad SMARTS) is 1. The lowest BCUT2D eigenvalue weighted by atomic mass is 9.78. The van der Waals surface area contributed by atoms with Crippen molar-refractivity contribution in [2.24, 2.45) is 12.5 Å². The number of halogens is 1. The zero-order valence-electron chi connectivity index (χ0n) is 10.7. The highest BCUT2D eigenvalue weighted by molar-refractivity contribution is 9.10. The maximum absolute atomic E-state index is 11.5. The van der Waals surface area contributed by atoms with Gasteiger partial charge in [-0.2, -0.15) is 5.10 Å². The van der Waals surface area contributed by atoms with Crippen LogP contribution in [0.3, 0.4) is 0 Å². The van der Waals surface area contributed by atoms with Crippen LogP contribution < -0.4 is 0 Å². The van der Waals surface area contributed by atoms with Gasteiger partial charge in [0.1, 0.15) is 0 Å². The van der Waals surface area contributed by atoms with Crippen molar-refractivity contribution in [2.75, 3.05) is 0 Å². The van der Waals surface area contributed by atoms with Crippen molar-refractivity contribution < 1.29 is 9.90 Å². The van der Waals surface area contributed by atoms with Crippen molar-refractivity contribution in [1.82, 2.24) is 9.78 Å². The van der Waals surface area contributed by atoms with Crippen LogP contribution in [0.4, 0.5) is 0 Å². The fourth-order valence-electron chi connectivity index (χ4n) is 2.07. The predicted octanol–water partition coefficient (Wildman–Crippen LogP) is 2.92. The molecular weight excluding hydrogens is 284 g/mol. The first-order valence-electron chi connectivity index (χ1n) is 5.79. The van der Waals surface area contributed by atoms with Crippen molar-refractivity contribution in [1.29, 1.82) is 0 Å². The van der Waals surface area contributed by atoms with Crippen LogP contribution in [0.1, 0.15) is 38.1 Å². The van der Waals surface area contributed by atoms with Gasteiger partial charge in [-0.3, -0.25) is 9.48 Å². The number of aryl methyl sites for hydroxylation is 2. The number of nitrogens with zero attached hydrogens (tertiary/aromatic N) is 2. The normalized spacial score (nSPS) is 11.8. The average Bonchev–Trinajstić information content (AvgIpc) is 2.51. The summed E-state index contributed by atoms with van der Waals surface area (Å²) in [5.41, 5.74) is 1.16. The van der Waals surface area contributed by atoms with Gasteiger partial charge in [0, 0.05) is 13.5 Å². The molecule has 1 N–H and O–H groups in total. The number of hydrogen-bond donors (Lipinski definition) is 1. The molecule has 0 aliphatic heterocycles. The summed E-state index contributed by atoms with van der Waals surface area (Å²) in [5, 5.41) is 13.7. The zero-order valence-corrected chi connectivity index (χ0v) is 12.3. The van der Waals surface area contributed by atoms with Gasteiger partial charge in [0.2, 0.25) is 0 Å². The van der Waals surface area contributed by atoms with E-state index in [9.17, 15) is 9.90 Å². The molecule has 0 aliphatic rings. The molecule has 0 bridgehead atoms. The van der Waals surface area contributed by atoms with Crippen molar-refractivity contribution >= 4 is 21.9 Å². The summed E-state index contributed by atoms with van der Waals surface area (Å²) in [6.45, 7) is 5.76. The lowest BCUT2D eigenvalue weighted by Crippen LogP contribution is -2.33. The van der Waals surface area contributed by atoms with Crippen molar-refractivity contribution in [3.05, 3.63) is 15.9 Å². The van der Waals surface area contributed by atoms with Gasteiger partial charge < -0.3 is 5.11 Å². The third-order valence-electron chi connectivity index (χ3n) is 3.57. The molecule has 0 atom stereocenters. The largest absolute Gasteiger partial charge is 0.481 e. The number of rotatable bonds is 5. The molecule has 1 rings (SSSR count). The van der Waals surface area contributed by atoms with E-state index in [4.69, 9.17) is 0 Å². The van der Waals surface area contributed by atoms with Crippen LogP contribution in [0.5, 0.6) is 0 Å². The van der Waals surface area contributed by atoms with E-state index in [0.29, 0.717) is 19.3 Å². The molecule has 0 saturated carbocycles. The fourth-order valence-corrected chi connectivity index (χ4v) is 2.55. The molecule has 0 saturated heterocycles. The summed E-state index contributed by atoms with van der Waals surface area (Å²) in [7, 11) is 1.85. The third-order valence-corrected chi connectivity index (χ3v) is 4.61. The Morgan fingerprint density at radius 1 is 1.47 bits per heavy atom. The molecule has 1 aromatic rings. The molecular formula is C12H19BrN2O2. The van der Waals surface area contributed by atoms with E-state index in [0.717, 1.165) is 15.9 Å². The van der Waals surface area contributed by atoms with Crippen LogP contribution in [0.2, 0.25) is 0 Å². The van der Waals surface area contributed by atoms with Crippen molar-refractivity contribution in [3.63, 3.8) is 0 Å². The molecule has 0 unspecified atom stereocenters. The van der Waals surface area contributed by atoms with E-state index in [1.807, 2.05) is 27.8 Å². The first-order chi connectivity index (χ1) is 7.88. The number of hydrogen-bond acceptors (Lipinski definition) is 2. The molecule has 4 nitrogen and oxygen atoms in total. The highest BCUT2D eigenvalue weighted by Crippen LogP contribution is 2.34. The van der Waals surface area contributed by atoms with Crippen LogP contribution in [0.25, 0.3) is 0 Å². The Balaban J connectivity index is 3.14. The number of aliphatic carboxylic acids is 1. The molecule has 5 heteroatoms. The summed E-state index contributed by atoms with van der Waals surface area (Å²) >= 11 is 3.48. The Labute approximate surface area is 110 Å². The molecule has 0 spiro atoms. The second kappa shape index (κ2) is 5.21. The third kappa shape index (κ3) is 2.54. The van der Waals surface area contributed by atoms with E-state index in [-0.39, 0.29) is 0 Å². The van der Waals surface area contributed by atoms with Gasteiger partial charge in [-0.25, -0.2) is 0 Å². The summed E-state index contributed by atoms with van der Waals surface area (Å²) in [6.07, 6.45) is 1.75. The summed E-state index contributed by atoms with van der Waals surface area (Å²) in [5.74, 6) is -0.728. The molecule has 1 aromatic heterocycles. The highest BCUT2D eigenvalue weighted by Gasteiger charge is 2.36. The summed E-state index contributed by atoms with van der Waals surface area (Å²) in [4.78, 5) is 11.5. The minimum atomic E-state index is -0.728. The Hall–Kier alpha value is -0.840. The zero-order chi connectivity index (χ0) is 13.2. The molecule has 17 heavy (non-hydrogen) atoms. The van der Waals surface area contributed by atoms with Crippen LogP contribution in [0, 0.1) is 12.3 Å². The standard InChI is InChI=1S/C12H19BrN2O2/c1-5-12(6-2,11(16)17)7-9-10(13)8(3)14-15(9)4/h5-7H2,1-4H3,(H,16,17). The Bertz CT molecular complexity index is 422. The molecule has 0 aliphatic carbocycles. The van der Waals surface area contributed by atoms with Gasteiger partial charge in [-0.05, 0) is 35.7 Å². The van der Waals surface area contributed by atoms with E-state index in [1.54, 1.807) is 4.68 Å². The molecule has 1 heterocycles. The van der Waals surface area contributed by atoms with Gasteiger partial charge in [0.25, 0.3) is 0 Å². The van der Waals surface area contributed by atoms with Crippen LogP contribution in [-0.4, -0.2) is 20.9 Å². The highest BCUT2D eigenvalue weighted by atomic mass is 79.9. The smallest absolute Gasteiger partial charge is 0.310 e.